The fourth-order valence-corrected chi connectivity index (χ4v) is 5.85. The molecule has 2 aromatic carbocycles. The quantitative estimate of drug-likeness (QED) is 0.517. The molecule has 3 aliphatic rings. The van der Waals surface area contributed by atoms with E-state index in [1.807, 2.05) is 0 Å². The van der Waals surface area contributed by atoms with Gasteiger partial charge in [-0.05, 0) is 56.9 Å². The lowest BCUT2D eigenvalue weighted by molar-refractivity contribution is 0.573. The first-order valence-corrected chi connectivity index (χ1v) is 9.53. The normalized spacial score (nSPS) is 24.8. The van der Waals surface area contributed by atoms with Gasteiger partial charge in [0.25, 0.3) is 0 Å². The second-order valence-corrected chi connectivity index (χ2v) is 9.09. The molecule has 0 fully saturated rings. The lowest BCUT2D eigenvalue weighted by Crippen LogP contribution is -2.28. The summed E-state index contributed by atoms with van der Waals surface area (Å²) < 4.78 is 0. The van der Waals surface area contributed by atoms with Crippen LogP contribution in [-0.2, 0) is 10.8 Å². The summed E-state index contributed by atoms with van der Waals surface area (Å²) >= 11 is 0. The summed E-state index contributed by atoms with van der Waals surface area (Å²) in [5, 5.41) is 0. The van der Waals surface area contributed by atoms with E-state index in [4.69, 9.17) is 0 Å². The van der Waals surface area contributed by atoms with Crippen LogP contribution in [0.25, 0.3) is 11.1 Å². The van der Waals surface area contributed by atoms with Gasteiger partial charge in [0.05, 0.1) is 0 Å². The zero-order chi connectivity index (χ0) is 17.6. The average Bonchev–Trinajstić information content (AvgIpc) is 2.96. The van der Waals surface area contributed by atoms with Gasteiger partial charge in [0.1, 0.15) is 0 Å². The van der Waals surface area contributed by atoms with E-state index in [2.05, 4.69) is 83.1 Å². The van der Waals surface area contributed by atoms with Crippen molar-refractivity contribution in [2.45, 2.75) is 51.9 Å². The molecule has 0 heterocycles. The predicted molar refractivity (Wildman–Crippen MR) is 107 cm³/mol. The summed E-state index contributed by atoms with van der Waals surface area (Å²) in [6.45, 7) is 12.1. The van der Waals surface area contributed by atoms with Crippen LogP contribution in [0.5, 0.6) is 0 Å². The van der Waals surface area contributed by atoms with Gasteiger partial charge in [-0.3, -0.25) is 0 Å². The zero-order valence-electron chi connectivity index (χ0n) is 15.9. The largest absolute Gasteiger partial charge is 0.0619 e. The maximum absolute atomic E-state index is 2.43. The van der Waals surface area contributed by atoms with Crippen LogP contribution in [0.4, 0.5) is 0 Å². The first-order chi connectivity index (χ1) is 11.8. The molecule has 1 unspecified atom stereocenters. The highest BCUT2D eigenvalue weighted by Gasteiger charge is 2.50. The third-order valence-electron chi connectivity index (χ3n) is 6.89. The number of hydrogen-bond donors (Lipinski definition) is 0. The fourth-order valence-electron chi connectivity index (χ4n) is 5.85. The van der Waals surface area contributed by atoms with Gasteiger partial charge in [-0.15, -0.1) is 0 Å². The second kappa shape index (κ2) is 4.55. The predicted octanol–water partition coefficient (Wildman–Crippen LogP) is 6.52. The van der Waals surface area contributed by atoms with Gasteiger partial charge in [0, 0.05) is 10.8 Å². The van der Waals surface area contributed by atoms with Crippen molar-refractivity contribution >= 4 is 11.1 Å². The molecular formula is C25H26. The Morgan fingerprint density at radius 3 is 1.92 bits per heavy atom. The van der Waals surface area contributed by atoms with E-state index >= 15 is 0 Å². The van der Waals surface area contributed by atoms with Crippen molar-refractivity contribution in [2.24, 2.45) is 5.92 Å². The van der Waals surface area contributed by atoms with Crippen LogP contribution in [-0.4, -0.2) is 0 Å². The molecular weight excluding hydrogens is 300 g/mol. The van der Waals surface area contributed by atoms with E-state index in [-0.39, 0.29) is 10.8 Å². The van der Waals surface area contributed by atoms with Crippen molar-refractivity contribution in [3.05, 3.63) is 81.9 Å². The Balaban J connectivity index is 1.86. The molecule has 0 heteroatoms. The maximum Gasteiger partial charge on any atom is 0.0158 e. The third-order valence-corrected chi connectivity index (χ3v) is 6.89. The molecule has 0 spiro atoms. The van der Waals surface area contributed by atoms with Gasteiger partial charge in [-0.2, -0.15) is 0 Å². The SMILES string of the molecule is CC1CC2=C(C3=C1c1ccccc1C3(C)C)C(C)(C)c1ccccc12. The Bertz CT molecular complexity index is 979. The highest BCUT2D eigenvalue weighted by Crippen LogP contribution is 2.63. The summed E-state index contributed by atoms with van der Waals surface area (Å²) in [5.41, 5.74) is 12.6. The second-order valence-electron chi connectivity index (χ2n) is 9.09. The monoisotopic (exact) mass is 326 g/mol. The van der Waals surface area contributed by atoms with E-state index in [1.54, 1.807) is 22.3 Å². The molecule has 0 saturated heterocycles. The zero-order valence-corrected chi connectivity index (χ0v) is 15.9. The fraction of sp³-hybridized carbons (Fsp3) is 0.360. The first kappa shape index (κ1) is 15.2. The van der Waals surface area contributed by atoms with Crippen molar-refractivity contribution < 1.29 is 0 Å². The standard InChI is InChI=1S/C25H26/c1-15-14-18-16-10-6-8-12-19(16)24(2,3)22(18)23-21(15)17-11-7-9-13-20(17)25(23,4)5/h6-13,15H,14H2,1-5H3. The van der Waals surface area contributed by atoms with Gasteiger partial charge in [0.2, 0.25) is 0 Å². The number of allylic oxidation sites excluding steroid dienone is 4. The first-order valence-electron chi connectivity index (χ1n) is 9.53. The molecule has 0 amide bonds. The van der Waals surface area contributed by atoms with Crippen LogP contribution in [0.2, 0.25) is 0 Å². The van der Waals surface area contributed by atoms with Crippen molar-refractivity contribution in [1.82, 2.24) is 0 Å². The molecule has 25 heavy (non-hydrogen) atoms. The lowest BCUT2D eigenvalue weighted by Gasteiger charge is -2.37. The molecule has 0 aromatic heterocycles. The minimum absolute atomic E-state index is 0.0838. The average molecular weight is 326 g/mol. The minimum atomic E-state index is 0.0838. The van der Waals surface area contributed by atoms with Crippen LogP contribution in [0.1, 0.15) is 63.3 Å². The van der Waals surface area contributed by atoms with Crippen LogP contribution in [0, 0.1) is 5.92 Å². The molecule has 126 valence electrons. The van der Waals surface area contributed by atoms with E-state index in [1.165, 1.54) is 28.7 Å². The van der Waals surface area contributed by atoms with E-state index in [0.717, 1.165) is 0 Å². The van der Waals surface area contributed by atoms with Crippen LogP contribution < -0.4 is 0 Å². The van der Waals surface area contributed by atoms with Gasteiger partial charge in [-0.1, -0.05) is 83.1 Å². The Labute approximate surface area is 151 Å². The number of rotatable bonds is 0. The molecule has 0 saturated carbocycles. The Kier molecular flexibility index (Phi) is 2.77. The van der Waals surface area contributed by atoms with E-state index in [0.29, 0.717) is 5.92 Å². The molecule has 2 aromatic rings. The summed E-state index contributed by atoms with van der Waals surface area (Å²) in [6, 6.07) is 18.2. The third kappa shape index (κ3) is 1.68. The number of fused-ring (bicyclic) bond motifs is 5. The van der Waals surface area contributed by atoms with Crippen molar-refractivity contribution in [3.63, 3.8) is 0 Å². The van der Waals surface area contributed by atoms with E-state index < -0.39 is 0 Å². The van der Waals surface area contributed by atoms with Gasteiger partial charge in [0.15, 0.2) is 0 Å². The number of benzene rings is 2. The highest BCUT2D eigenvalue weighted by molar-refractivity contribution is 5.96. The molecule has 0 bridgehead atoms. The summed E-state index contributed by atoms with van der Waals surface area (Å²) in [7, 11) is 0. The van der Waals surface area contributed by atoms with Crippen molar-refractivity contribution in [3.8, 4) is 0 Å². The topological polar surface area (TPSA) is 0 Å². The van der Waals surface area contributed by atoms with Crippen LogP contribution in [0.15, 0.2) is 59.7 Å². The van der Waals surface area contributed by atoms with Gasteiger partial charge < -0.3 is 0 Å². The molecule has 1 atom stereocenters. The smallest absolute Gasteiger partial charge is 0.0158 e. The molecule has 0 nitrogen and oxygen atoms in total. The number of hydrogen-bond acceptors (Lipinski definition) is 0. The summed E-state index contributed by atoms with van der Waals surface area (Å²) in [5.74, 6) is 0.582. The Morgan fingerprint density at radius 1 is 0.720 bits per heavy atom. The molecule has 0 aliphatic heterocycles. The Morgan fingerprint density at radius 2 is 1.24 bits per heavy atom. The van der Waals surface area contributed by atoms with Crippen LogP contribution >= 0.6 is 0 Å². The van der Waals surface area contributed by atoms with Gasteiger partial charge in [-0.25, -0.2) is 0 Å². The molecule has 0 N–H and O–H groups in total. The lowest BCUT2D eigenvalue weighted by atomic mass is 9.66. The Hall–Kier alpha value is -2.08. The minimum Gasteiger partial charge on any atom is -0.0619 e. The molecule has 5 rings (SSSR count). The van der Waals surface area contributed by atoms with Crippen molar-refractivity contribution in [2.75, 3.05) is 0 Å². The molecule has 3 aliphatic carbocycles. The summed E-state index contributed by atoms with van der Waals surface area (Å²) in [4.78, 5) is 0. The van der Waals surface area contributed by atoms with Crippen LogP contribution in [0.3, 0.4) is 0 Å². The van der Waals surface area contributed by atoms with Crippen molar-refractivity contribution in [1.29, 1.82) is 0 Å². The molecule has 0 radical (unpaired) electrons. The summed E-state index contributed by atoms with van der Waals surface area (Å²) in [6.07, 6.45) is 1.17. The van der Waals surface area contributed by atoms with E-state index in [9.17, 15) is 0 Å². The highest BCUT2D eigenvalue weighted by atomic mass is 14.5. The van der Waals surface area contributed by atoms with Gasteiger partial charge >= 0.3 is 0 Å². The maximum atomic E-state index is 2.43.